The van der Waals surface area contributed by atoms with Gasteiger partial charge in [0.1, 0.15) is 12.3 Å². The molecule has 4 rings (SSSR count). The van der Waals surface area contributed by atoms with E-state index < -0.39 is 5.97 Å². The van der Waals surface area contributed by atoms with Crippen LogP contribution >= 0.6 is 0 Å². The van der Waals surface area contributed by atoms with E-state index in [4.69, 9.17) is 9.47 Å². The van der Waals surface area contributed by atoms with Crippen LogP contribution in [-0.2, 0) is 27.9 Å². The molecule has 0 fully saturated rings. The summed E-state index contributed by atoms with van der Waals surface area (Å²) < 4.78 is 11.5. The third-order valence-electron chi connectivity index (χ3n) is 5.82. The van der Waals surface area contributed by atoms with Gasteiger partial charge in [0.05, 0.1) is 24.7 Å². The third-order valence-corrected chi connectivity index (χ3v) is 5.82. The Balaban J connectivity index is 1.63. The zero-order valence-corrected chi connectivity index (χ0v) is 20.2. The average Bonchev–Trinajstić information content (AvgIpc) is 3.13. The lowest BCUT2D eigenvalue weighted by molar-refractivity contribution is -0.119. The average molecular weight is 473 g/mol. The number of rotatable bonds is 8. The van der Waals surface area contributed by atoms with Crippen molar-refractivity contribution < 1.29 is 19.1 Å². The summed E-state index contributed by atoms with van der Waals surface area (Å²) in [7, 11) is 4.44. The molecular weight excluding hydrogens is 444 g/mol. The molecule has 180 valence electrons. The molecule has 1 amide bonds. The molecule has 35 heavy (non-hydrogen) atoms. The van der Waals surface area contributed by atoms with E-state index in [-0.39, 0.29) is 18.2 Å². The Labute approximate surface area is 203 Å². The van der Waals surface area contributed by atoms with Crippen molar-refractivity contribution in [1.82, 2.24) is 9.55 Å². The molecule has 0 aliphatic rings. The molecule has 0 unspecified atom stereocenters. The van der Waals surface area contributed by atoms with Crippen LogP contribution in [0.3, 0.4) is 0 Å². The number of anilines is 2. The second-order valence-corrected chi connectivity index (χ2v) is 8.22. The van der Waals surface area contributed by atoms with E-state index in [9.17, 15) is 9.59 Å². The van der Waals surface area contributed by atoms with Gasteiger partial charge in [0.15, 0.2) is 5.69 Å². The Morgan fingerprint density at radius 1 is 1.06 bits per heavy atom. The first-order valence-corrected chi connectivity index (χ1v) is 11.2. The maximum atomic E-state index is 12.5. The first kappa shape index (κ1) is 24.0. The number of pyridine rings is 1. The lowest BCUT2D eigenvalue weighted by Gasteiger charge is -2.10. The van der Waals surface area contributed by atoms with Crippen molar-refractivity contribution in [2.45, 2.75) is 13.5 Å². The Morgan fingerprint density at radius 2 is 1.86 bits per heavy atom. The summed E-state index contributed by atoms with van der Waals surface area (Å²) in [6.45, 7) is 2.54. The number of aryl methyl sites for hydroxylation is 2. The fourth-order valence-electron chi connectivity index (χ4n) is 4.13. The van der Waals surface area contributed by atoms with E-state index in [0.717, 1.165) is 16.8 Å². The Kier molecular flexibility index (Phi) is 7.12. The largest absolute Gasteiger partial charge is 0.464 e. The normalized spacial score (nSPS) is 10.9. The number of benzene rings is 2. The fourth-order valence-corrected chi connectivity index (χ4v) is 4.13. The van der Waals surface area contributed by atoms with Crippen molar-refractivity contribution >= 4 is 34.3 Å². The zero-order chi connectivity index (χ0) is 24.9. The molecule has 2 aromatic carbocycles. The summed E-state index contributed by atoms with van der Waals surface area (Å²) in [4.78, 5) is 29.3. The highest BCUT2D eigenvalue weighted by Crippen LogP contribution is 2.32. The van der Waals surface area contributed by atoms with Gasteiger partial charge in [-0.3, -0.25) is 4.79 Å². The van der Waals surface area contributed by atoms with Crippen LogP contribution in [-0.4, -0.2) is 42.3 Å². The molecule has 0 saturated carbocycles. The molecule has 4 aromatic rings. The number of fused-ring (bicyclic) bond motifs is 1. The lowest BCUT2D eigenvalue weighted by Crippen LogP contribution is -2.19. The predicted molar refractivity (Wildman–Crippen MR) is 137 cm³/mol. The summed E-state index contributed by atoms with van der Waals surface area (Å²) in [5.41, 5.74) is 6.55. The van der Waals surface area contributed by atoms with Crippen LogP contribution in [0.5, 0.6) is 0 Å². The molecule has 8 nitrogen and oxygen atoms in total. The molecule has 0 saturated heterocycles. The summed E-state index contributed by atoms with van der Waals surface area (Å²) >= 11 is 0. The lowest BCUT2D eigenvalue weighted by atomic mass is 9.99. The molecule has 0 aliphatic heterocycles. The highest BCUT2D eigenvalue weighted by Gasteiger charge is 2.24. The van der Waals surface area contributed by atoms with Gasteiger partial charge in [-0.15, -0.1) is 0 Å². The van der Waals surface area contributed by atoms with Crippen LogP contribution in [0, 0.1) is 6.92 Å². The van der Waals surface area contributed by atoms with Crippen LogP contribution in [0.25, 0.3) is 22.2 Å². The summed E-state index contributed by atoms with van der Waals surface area (Å²) in [6.07, 6.45) is 1.70. The second kappa shape index (κ2) is 10.4. The molecule has 2 heterocycles. The minimum Gasteiger partial charge on any atom is -0.464 e. The molecule has 0 bridgehead atoms. The van der Waals surface area contributed by atoms with E-state index in [1.165, 1.54) is 25.3 Å². The first-order valence-electron chi connectivity index (χ1n) is 11.2. The van der Waals surface area contributed by atoms with Gasteiger partial charge in [0.25, 0.3) is 0 Å². The van der Waals surface area contributed by atoms with E-state index >= 15 is 0 Å². The Morgan fingerprint density at radius 3 is 2.60 bits per heavy atom. The van der Waals surface area contributed by atoms with Gasteiger partial charge >= 0.3 is 5.97 Å². The molecule has 0 spiro atoms. The number of esters is 1. The van der Waals surface area contributed by atoms with E-state index in [1.807, 2.05) is 24.3 Å². The maximum absolute atomic E-state index is 12.5. The van der Waals surface area contributed by atoms with Gasteiger partial charge in [0.2, 0.25) is 5.91 Å². The number of carbonyl (C=O) groups is 2. The van der Waals surface area contributed by atoms with Crippen LogP contribution in [0.15, 0.2) is 60.8 Å². The quantitative estimate of drug-likeness (QED) is 0.366. The van der Waals surface area contributed by atoms with Crippen LogP contribution in [0.4, 0.5) is 11.4 Å². The van der Waals surface area contributed by atoms with Gasteiger partial charge in [-0.25, -0.2) is 9.78 Å². The van der Waals surface area contributed by atoms with Gasteiger partial charge in [-0.05, 0) is 41.3 Å². The highest BCUT2D eigenvalue weighted by atomic mass is 16.5. The molecule has 2 aromatic heterocycles. The Hall–Kier alpha value is -4.17. The highest BCUT2D eigenvalue weighted by molar-refractivity contribution is 6.11. The molecule has 2 N–H and O–H groups in total. The predicted octanol–water partition coefficient (Wildman–Crippen LogP) is 4.53. The minimum atomic E-state index is -0.569. The summed E-state index contributed by atoms with van der Waals surface area (Å²) in [5, 5.41) is 6.79. The second-order valence-electron chi connectivity index (χ2n) is 8.22. The topological polar surface area (TPSA) is 94.5 Å². The molecular formula is C27H28N4O4. The first-order chi connectivity index (χ1) is 16.9. The molecule has 0 aliphatic carbocycles. The van der Waals surface area contributed by atoms with Gasteiger partial charge < -0.3 is 24.7 Å². The van der Waals surface area contributed by atoms with E-state index in [1.54, 1.807) is 17.8 Å². The standard InChI is InChI=1S/C27H28N4O4/c1-17-8-5-6-11-21(17)19-10-7-9-18(12-19)14-28-20-13-22-24(30-23(32)16-34-3)25(27(33)35-4)31(2)26(22)29-15-20/h5-13,15,28H,14,16H2,1-4H3,(H,30,32). The molecule has 0 atom stereocenters. The summed E-state index contributed by atoms with van der Waals surface area (Å²) in [5.74, 6) is -0.947. The molecule has 8 heteroatoms. The van der Waals surface area contributed by atoms with Gasteiger partial charge in [0, 0.05) is 26.1 Å². The van der Waals surface area contributed by atoms with Gasteiger partial charge in [-0.1, -0.05) is 42.5 Å². The third kappa shape index (κ3) is 5.02. The SMILES string of the molecule is COCC(=O)Nc1c(C(=O)OC)n(C)c2ncc(NCc3cccc(-c4ccccc4C)c3)cc12. The minimum absolute atomic E-state index is 0.139. The monoisotopic (exact) mass is 472 g/mol. The van der Waals surface area contributed by atoms with Crippen molar-refractivity contribution in [2.24, 2.45) is 7.05 Å². The van der Waals surface area contributed by atoms with Crippen molar-refractivity contribution in [3.05, 3.63) is 77.6 Å². The van der Waals surface area contributed by atoms with E-state index in [0.29, 0.717) is 23.3 Å². The van der Waals surface area contributed by atoms with Crippen LogP contribution in [0.1, 0.15) is 21.6 Å². The van der Waals surface area contributed by atoms with Crippen molar-refractivity contribution in [3.8, 4) is 11.1 Å². The number of methoxy groups -OCH3 is 2. The number of ether oxygens (including phenoxy) is 2. The fraction of sp³-hybridized carbons (Fsp3) is 0.222. The zero-order valence-electron chi connectivity index (χ0n) is 20.2. The van der Waals surface area contributed by atoms with Crippen molar-refractivity contribution in [2.75, 3.05) is 31.5 Å². The number of nitrogens with one attached hydrogen (secondary N) is 2. The Bertz CT molecular complexity index is 1390. The number of hydrogen-bond donors (Lipinski definition) is 2. The smallest absolute Gasteiger partial charge is 0.356 e. The molecule has 0 radical (unpaired) electrons. The summed E-state index contributed by atoms with van der Waals surface area (Å²) in [6, 6.07) is 18.5. The van der Waals surface area contributed by atoms with E-state index in [2.05, 4.69) is 52.9 Å². The van der Waals surface area contributed by atoms with Crippen molar-refractivity contribution in [1.29, 1.82) is 0 Å². The maximum Gasteiger partial charge on any atom is 0.356 e. The number of aromatic nitrogens is 2. The van der Waals surface area contributed by atoms with Crippen LogP contribution in [0.2, 0.25) is 0 Å². The number of nitrogens with zero attached hydrogens (tertiary/aromatic N) is 2. The number of carbonyl (C=O) groups excluding carboxylic acids is 2. The van der Waals surface area contributed by atoms with Gasteiger partial charge in [-0.2, -0.15) is 0 Å². The van der Waals surface area contributed by atoms with Crippen LogP contribution < -0.4 is 10.6 Å². The number of amides is 1. The number of hydrogen-bond acceptors (Lipinski definition) is 6. The van der Waals surface area contributed by atoms with Crippen molar-refractivity contribution in [3.63, 3.8) is 0 Å².